The van der Waals surface area contributed by atoms with Crippen LogP contribution in [0, 0.1) is 19.3 Å². The molecule has 0 aliphatic heterocycles. The van der Waals surface area contributed by atoms with Crippen LogP contribution in [0.5, 0.6) is 0 Å². The van der Waals surface area contributed by atoms with Gasteiger partial charge in [-0.25, -0.2) is 0 Å². The molecule has 90 valence electrons. The molecule has 2 atom stereocenters. The van der Waals surface area contributed by atoms with Crippen LogP contribution >= 0.6 is 0 Å². The lowest BCUT2D eigenvalue weighted by Gasteiger charge is -2.30. The quantitative estimate of drug-likeness (QED) is 0.831. The van der Waals surface area contributed by atoms with Crippen LogP contribution < -0.4 is 5.32 Å². The maximum Gasteiger partial charge on any atom is 0.0680 e. The Morgan fingerprint density at radius 1 is 1.44 bits per heavy atom. The van der Waals surface area contributed by atoms with Crippen molar-refractivity contribution in [2.45, 2.75) is 52.6 Å². The number of hydrogen-bond acceptors (Lipinski definition) is 2. The Morgan fingerprint density at radius 3 is 2.62 bits per heavy atom. The van der Waals surface area contributed by atoms with Gasteiger partial charge < -0.3 is 5.32 Å². The number of aryl methyl sites for hydroxylation is 2. The molecular weight excluding hydrogens is 198 g/mol. The number of nitrogens with zero attached hydrogens (tertiary/aromatic N) is 2. The predicted molar refractivity (Wildman–Crippen MR) is 66.6 cm³/mol. The summed E-state index contributed by atoms with van der Waals surface area (Å²) in [6.45, 7) is 8.91. The van der Waals surface area contributed by atoms with Gasteiger partial charge in [-0.2, -0.15) is 5.10 Å². The molecule has 2 rings (SSSR count). The van der Waals surface area contributed by atoms with Crippen LogP contribution in [0.3, 0.4) is 0 Å². The predicted octanol–water partition coefficient (Wildman–Crippen LogP) is 2.45. The summed E-state index contributed by atoms with van der Waals surface area (Å²) in [6.07, 6.45) is 2.49. The maximum atomic E-state index is 4.63. The smallest absolute Gasteiger partial charge is 0.0680 e. The van der Waals surface area contributed by atoms with Gasteiger partial charge in [0.2, 0.25) is 0 Å². The van der Waals surface area contributed by atoms with E-state index in [0.717, 1.165) is 5.69 Å². The summed E-state index contributed by atoms with van der Waals surface area (Å²) in [6, 6.07) is 3.19. The second kappa shape index (κ2) is 3.88. The van der Waals surface area contributed by atoms with Gasteiger partial charge in [-0.1, -0.05) is 13.8 Å². The molecule has 0 radical (unpaired) electrons. The second-order valence-corrected chi connectivity index (χ2v) is 5.73. The molecule has 0 saturated heterocycles. The van der Waals surface area contributed by atoms with Gasteiger partial charge in [0.05, 0.1) is 11.7 Å². The lowest BCUT2D eigenvalue weighted by molar-refractivity contribution is 0.252. The summed E-state index contributed by atoms with van der Waals surface area (Å²) in [7, 11) is 2.07. The summed E-state index contributed by atoms with van der Waals surface area (Å²) >= 11 is 0. The van der Waals surface area contributed by atoms with E-state index in [-0.39, 0.29) is 0 Å². The highest BCUT2D eigenvalue weighted by atomic mass is 15.3. The maximum absolute atomic E-state index is 4.63. The number of aromatic nitrogens is 2. The minimum absolute atomic E-state index is 0.367. The third-order valence-electron chi connectivity index (χ3n) is 3.98. The van der Waals surface area contributed by atoms with Crippen molar-refractivity contribution >= 4 is 0 Å². The Hall–Kier alpha value is -0.830. The third kappa shape index (κ3) is 1.77. The Labute approximate surface area is 98.2 Å². The minimum Gasteiger partial charge on any atom is -0.314 e. The van der Waals surface area contributed by atoms with E-state index >= 15 is 0 Å². The minimum atomic E-state index is 0.367. The van der Waals surface area contributed by atoms with Crippen LogP contribution in [0.15, 0.2) is 6.07 Å². The van der Waals surface area contributed by atoms with Gasteiger partial charge in [-0.05, 0) is 45.2 Å². The highest BCUT2D eigenvalue weighted by molar-refractivity contribution is 5.10. The average Bonchev–Trinajstić information content (AvgIpc) is 2.65. The molecule has 16 heavy (non-hydrogen) atoms. The molecule has 1 aromatic heterocycles. The van der Waals surface area contributed by atoms with Gasteiger partial charge in [0.1, 0.15) is 0 Å². The molecule has 0 spiro atoms. The van der Waals surface area contributed by atoms with E-state index in [9.17, 15) is 0 Å². The van der Waals surface area contributed by atoms with Crippen molar-refractivity contribution in [1.82, 2.24) is 15.1 Å². The molecule has 1 aliphatic carbocycles. The molecule has 0 amide bonds. The Kier molecular flexibility index (Phi) is 2.82. The summed E-state index contributed by atoms with van der Waals surface area (Å²) in [4.78, 5) is 0. The van der Waals surface area contributed by atoms with Gasteiger partial charge in [0.15, 0.2) is 0 Å². The van der Waals surface area contributed by atoms with Crippen LogP contribution in [-0.4, -0.2) is 22.9 Å². The zero-order valence-corrected chi connectivity index (χ0v) is 11.0. The van der Waals surface area contributed by atoms with Crippen LogP contribution in [0.2, 0.25) is 0 Å². The molecule has 3 heteroatoms. The van der Waals surface area contributed by atoms with Crippen molar-refractivity contribution in [3.63, 3.8) is 0 Å². The first-order valence-corrected chi connectivity index (χ1v) is 6.16. The van der Waals surface area contributed by atoms with Gasteiger partial charge in [0, 0.05) is 11.7 Å². The fourth-order valence-electron chi connectivity index (χ4n) is 3.19. The molecule has 0 bridgehead atoms. The molecule has 1 aliphatic rings. The standard InChI is InChI=1S/C13H23N3/c1-9-8-10(2)16(15-9)11-6-7-13(3,4)12(11)14-5/h8,11-12,14H,6-7H2,1-5H3. The molecule has 1 N–H and O–H groups in total. The summed E-state index contributed by atoms with van der Waals surface area (Å²) < 4.78 is 2.21. The Bertz CT molecular complexity index is 379. The van der Waals surface area contributed by atoms with E-state index in [2.05, 4.69) is 55.9 Å². The number of hydrogen-bond donors (Lipinski definition) is 1. The molecule has 1 heterocycles. The van der Waals surface area contributed by atoms with E-state index in [4.69, 9.17) is 0 Å². The molecule has 1 aromatic rings. The van der Waals surface area contributed by atoms with Crippen molar-refractivity contribution in [3.8, 4) is 0 Å². The van der Waals surface area contributed by atoms with Crippen molar-refractivity contribution in [2.24, 2.45) is 5.41 Å². The van der Waals surface area contributed by atoms with E-state index in [1.54, 1.807) is 0 Å². The first-order valence-electron chi connectivity index (χ1n) is 6.16. The molecule has 1 fully saturated rings. The van der Waals surface area contributed by atoms with Crippen LogP contribution in [0.25, 0.3) is 0 Å². The van der Waals surface area contributed by atoms with Gasteiger partial charge in [-0.3, -0.25) is 4.68 Å². The van der Waals surface area contributed by atoms with Crippen molar-refractivity contribution in [2.75, 3.05) is 7.05 Å². The molecule has 2 unspecified atom stereocenters. The second-order valence-electron chi connectivity index (χ2n) is 5.73. The van der Waals surface area contributed by atoms with Gasteiger partial charge in [-0.15, -0.1) is 0 Å². The Balaban J connectivity index is 2.32. The topological polar surface area (TPSA) is 29.9 Å². The van der Waals surface area contributed by atoms with Crippen molar-refractivity contribution in [1.29, 1.82) is 0 Å². The SMILES string of the molecule is CNC1C(n2nc(C)cc2C)CCC1(C)C. The van der Waals surface area contributed by atoms with Gasteiger partial charge in [0.25, 0.3) is 0 Å². The van der Waals surface area contributed by atoms with Gasteiger partial charge >= 0.3 is 0 Å². The normalized spacial score (nSPS) is 28.6. The highest BCUT2D eigenvalue weighted by Crippen LogP contribution is 2.43. The monoisotopic (exact) mass is 221 g/mol. The summed E-state index contributed by atoms with van der Waals surface area (Å²) in [5.74, 6) is 0. The van der Waals surface area contributed by atoms with Crippen LogP contribution in [0.1, 0.15) is 44.1 Å². The van der Waals surface area contributed by atoms with E-state index in [1.807, 2.05) is 0 Å². The number of rotatable bonds is 2. The zero-order chi connectivity index (χ0) is 11.9. The van der Waals surface area contributed by atoms with E-state index in [0.29, 0.717) is 17.5 Å². The van der Waals surface area contributed by atoms with E-state index < -0.39 is 0 Å². The lowest BCUT2D eigenvalue weighted by Crippen LogP contribution is -2.41. The highest BCUT2D eigenvalue weighted by Gasteiger charge is 2.42. The zero-order valence-electron chi connectivity index (χ0n) is 11.0. The number of nitrogens with one attached hydrogen (secondary N) is 1. The van der Waals surface area contributed by atoms with Crippen LogP contribution in [-0.2, 0) is 0 Å². The average molecular weight is 221 g/mol. The lowest BCUT2D eigenvalue weighted by atomic mass is 9.86. The number of likely N-dealkylation sites (N-methyl/N-ethyl adjacent to an activating group) is 1. The molecule has 3 nitrogen and oxygen atoms in total. The van der Waals surface area contributed by atoms with E-state index in [1.165, 1.54) is 18.5 Å². The van der Waals surface area contributed by atoms with Crippen LogP contribution in [0.4, 0.5) is 0 Å². The summed E-state index contributed by atoms with van der Waals surface area (Å²) in [5.41, 5.74) is 2.77. The first-order chi connectivity index (χ1) is 7.45. The molecule has 1 saturated carbocycles. The fourth-order valence-corrected chi connectivity index (χ4v) is 3.19. The third-order valence-corrected chi connectivity index (χ3v) is 3.98. The summed E-state index contributed by atoms with van der Waals surface area (Å²) in [5, 5.41) is 8.11. The fraction of sp³-hybridized carbons (Fsp3) is 0.769. The Morgan fingerprint density at radius 2 is 2.12 bits per heavy atom. The largest absolute Gasteiger partial charge is 0.314 e. The molecule has 0 aromatic carbocycles. The first kappa shape index (κ1) is 11.6. The van der Waals surface area contributed by atoms with Crippen molar-refractivity contribution < 1.29 is 0 Å². The van der Waals surface area contributed by atoms with Crippen molar-refractivity contribution in [3.05, 3.63) is 17.5 Å². The molecular formula is C13H23N3.